The van der Waals surface area contributed by atoms with E-state index in [2.05, 4.69) is 0 Å². The van der Waals surface area contributed by atoms with Gasteiger partial charge in [0.1, 0.15) is 11.6 Å². The zero-order chi connectivity index (χ0) is 14.5. The number of carbonyl (C=O) groups is 1. The standard InChI is InChI=1S/C15H12F2O2S/c16-12-5-11(6-13(17)8-12)9-20-14-3-1-10(2-4-14)7-15(18)19/h1-6,8H,7,9H2,(H,18,19). The van der Waals surface area contributed by atoms with Gasteiger partial charge >= 0.3 is 5.97 Å². The lowest BCUT2D eigenvalue weighted by molar-refractivity contribution is -0.136. The highest BCUT2D eigenvalue weighted by Gasteiger charge is 2.03. The van der Waals surface area contributed by atoms with E-state index in [1.54, 1.807) is 24.3 Å². The lowest BCUT2D eigenvalue weighted by atomic mass is 10.2. The lowest BCUT2D eigenvalue weighted by Gasteiger charge is -2.04. The number of thioether (sulfide) groups is 1. The van der Waals surface area contributed by atoms with E-state index in [0.717, 1.165) is 16.5 Å². The molecule has 0 aliphatic carbocycles. The van der Waals surface area contributed by atoms with E-state index >= 15 is 0 Å². The first-order valence-electron chi connectivity index (χ1n) is 5.91. The van der Waals surface area contributed by atoms with Crippen molar-refractivity contribution in [2.45, 2.75) is 17.1 Å². The van der Waals surface area contributed by atoms with Gasteiger partial charge in [-0.25, -0.2) is 8.78 Å². The van der Waals surface area contributed by atoms with Crippen molar-refractivity contribution in [2.75, 3.05) is 0 Å². The third-order valence-electron chi connectivity index (χ3n) is 2.61. The van der Waals surface area contributed by atoms with Crippen molar-refractivity contribution in [1.82, 2.24) is 0 Å². The smallest absolute Gasteiger partial charge is 0.307 e. The van der Waals surface area contributed by atoms with Gasteiger partial charge in [-0.3, -0.25) is 4.79 Å². The molecular weight excluding hydrogens is 282 g/mol. The van der Waals surface area contributed by atoms with Crippen LogP contribution in [-0.4, -0.2) is 11.1 Å². The first-order valence-corrected chi connectivity index (χ1v) is 6.90. The van der Waals surface area contributed by atoms with Crippen molar-refractivity contribution in [3.05, 3.63) is 65.2 Å². The van der Waals surface area contributed by atoms with Gasteiger partial charge in [0.25, 0.3) is 0 Å². The Morgan fingerprint density at radius 1 is 1.00 bits per heavy atom. The molecule has 0 aliphatic heterocycles. The number of hydrogen-bond donors (Lipinski definition) is 1. The topological polar surface area (TPSA) is 37.3 Å². The minimum absolute atomic E-state index is 0.0138. The first-order chi connectivity index (χ1) is 9.52. The minimum Gasteiger partial charge on any atom is -0.481 e. The number of halogens is 2. The Morgan fingerprint density at radius 3 is 2.15 bits per heavy atom. The van der Waals surface area contributed by atoms with E-state index in [9.17, 15) is 13.6 Å². The van der Waals surface area contributed by atoms with Crippen molar-refractivity contribution < 1.29 is 18.7 Å². The zero-order valence-corrected chi connectivity index (χ0v) is 11.3. The first kappa shape index (κ1) is 14.5. The Bertz CT molecular complexity index is 592. The molecule has 20 heavy (non-hydrogen) atoms. The SMILES string of the molecule is O=C(O)Cc1ccc(SCc2cc(F)cc(F)c2)cc1. The number of carboxylic acid groups (broad SMARTS) is 1. The van der Waals surface area contributed by atoms with Crippen LogP contribution < -0.4 is 0 Å². The maximum Gasteiger partial charge on any atom is 0.307 e. The molecule has 0 heterocycles. The second-order valence-corrected chi connectivity index (χ2v) is 5.33. The average molecular weight is 294 g/mol. The molecule has 1 N–H and O–H groups in total. The third kappa shape index (κ3) is 4.35. The van der Waals surface area contributed by atoms with Crippen LogP contribution in [0, 0.1) is 11.6 Å². The summed E-state index contributed by atoms with van der Waals surface area (Å²) in [7, 11) is 0. The second kappa shape index (κ2) is 6.52. The average Bonchev–Trinajstić information content (AvgIpc) is 2.36. The molecule has 104 valence electrons. The fourth-order valence-corrected chi connectivity index (χ4v) is 2.57. The number of carboxylic acids is 1. The fourth-order valence-electron chi connectivity index (χ4n) is 1.74. The van der Waals surface area contributed by atoms with Crippen LogP contribution in [0.5, 0.6) is 0 Å². The summed E-state index contributed by atoms with van der Waals surface area (Å²) in [6.45, 7) is 0. The van der Waals surface area contributed by atoms with Crippen molar-refractivity contribution in [3.63, 3.8) is 0 Å². The van der Waals surface area contributed by atoms with Gasteiger partial charge in [0.05, 0.1) is 6.42 Å². The predicted octanol–water partition coefficient (Wildman–Crippen LogP) is 3.88. The van der Waals surface area contributed by atoms with Crippen molar-refractivity contribution >= 4 is 17.7 Å². The third-order valence-corrected chi connectivity index (χ3v) is 3.69. The molecule has 0 saturated heterocycles. The van der Waals surface area contributed by atoms with Gasteiger partial charge in [0.15, 0.2) is 0 Å². The Labute approximate surface area is 119 Å². The van der Waals surface area contributed by atoms with Crippen LogP contribution in [0.15, 0.2) is 47.4 Å². The van der Waals surface area contributed by atoms with Crippen LogP contribution in [0.4, 0.5) is 8.78 Å². The van der Waals surface area contributed by atoms with E-state index < -0.39 is 17.6 Å². The van der Waals surface area contributed by atoms with Gasteiger partial charge in [0.2, 0.25) is 0 Å². The maximum atomic E-state index is 13.0. The van der Waals surface area contributed by atoms with Crippen LogP contribution in [0.1, 0.15) is 11.1 Å². The molecule has 2 rings (SSSR count). The number of rotatable bonds is 5. The van der Waals surface area contributed by atoms with Gasteiger partial charge < -0.3 is 5.11 Å². The molecule has 0 atom stereocenters. The van der Waals surface area contributed by atoms with Gasteiger partial charge in [-0.2, -0.15) is 0 Å². The van der Waals surface area contributed by atoms with Gasteiger partial charge in [-0.1, -0.05) is 12.1 Å². The number of hydrogen-bond acceptors (Lipinski definition) is 2. The Kier molecular flexibility index (Phi) is 4.74. The Balaban J connectivity index is 1.98. The molecule has 0 fully saturated rings. The monoisotopic (exact) mass is 294 g/mol. The molecule has 0 bridgehead atoms. The van der Waals surface area contributed by atoms with Crippen molar-refractivity contribution in [3.8, 4) is 0 Å². The summed E-state index contributed by atoms with van der Waals surface area (Å²) < 4.78 is 26.0. The summed E-state index contributed by atoms with van der Waals surface area (Å²) in [4.78, 5) is 11.5. The molecule has 0 amide bonds. The number of benzene rings is 2. The van der Waals surface area contributed by atoms with Gasteiger partial charge in [0, 0.05) is 16.7 Å². The van der Waals surface area contributed by atoms with E-state index in [-0.39, 0.29) is 6.42 Å². The summed E-state index contributed by atoms with van der Waals surface area (Å²) in [5.74, 6) is -1.59. The molecule has 0 saturated carbocycles. The highest BCUT2D eigenvalue weighted by Crippen LogP contribution is 2.24. The van der Waals surface area contributed by atoms with Gasteiger partial charge in [-0.05, 0) is 35.4 Å². The zero-order valence-electron chi connectivity index (χ0n) is 10.5. The number of aliphatic carboxylic acids is 1. The Hall–Kier alpha value is -1.88. The molecular formula is C15H12F2O2S. The second-order valence-electron chi connectivity index (χ2n) is 4.28. The van der Waals surface area contributed by atoms with E-state index in [1.807, 2.05) is 0 Å². The molecule has 0 aromatic heterocycles. The summed E-state index contributed by atoms with van der Waals surface area (Å²) in [6, 6.07) is 10.5. The van der Waals surface area contributed by atoms with E-state index in [4.69, 9.17) is 5.11 Å². The highest BCUT2D eigenvalue weighted by molar-refractivity contribution is 7.98. The van der Waals surface area contributed by atoms with E-state index in [0.29, 0.717) is 11.3 Å². The molecule has 0 spiro atoms. The summed E-state index contributed by atoms with van der Waals surface area (Å²) in [5, 5.41) is 8.66. The summed E-state index contributed by atoms with van der Waals surface area (Å²) in [5.41, 5.74) is 1.29. The van der Waals surface area contributed by atoms with Crippen LogP contribution in [0.3, 0.4) is 0 Å². The van der Waals surface area contributed by atoms with Crippen LogP contribution in [0.2, 0.25) is 0 Å². The van der Waals surface area contributed by atoms with Gasteiger partial charge in [-0.15, -0.1) is 11.8 Å². The summed E-state index contributed by atoms with van der Waals surface area (Å²) >= 11 is 1.44. The largest absolute Gasteiger partial charge is 0.481 e. The molecule has 0 aliphatic rings. The molecule has 2 nitrogen and oxygen atoms in total. The molecule has 0 radical (unpaired) electrons. The maximum absolute atomic E-state index is 13.0. The van der Waals surface area contributed by atoms with E-state index in [1.165, 1.54) is 23.9 Å². The van der Waals surface area contributed by atoms with Crippen LogP contribution in [0.25, 0.3) is 0 Å². The minimum atomic E-state index is -0.874. The van der Waals surface area contributed by atoms with Crippen LogP contribution in [-0.2, 0) is 17.0 Å². The lowest BCUT2D eigenvalue weighted by Crippen LogP contribution is -1.99. The van der Waals surface area contributed by atoms with Crippen LogP contribution >= 0.6 is 11.8 Å². The molecule has 5 heteroatoms. The molecule has 0 unspecified atom stereocenters. The Morgan fingerprint density at radius 2 is 1.60 bits per heavy atom. The molecule has 2 aromatic carbocycles. The normalized spacial score (nSPS) is 10.5. The fraction of sp³-hybridized carbons (Fsp3) is 0.133. The quantitative estimate of drug-likeness (QED) is 0.850. The molecule has 2 aromatic rings. The highest BCUT2D eigenvalue weighted by atomic mass is 32.2. The van der Waals surface area contributed by atoms with Crippen molar-refractivity contribution in [2.24, 2.45) is 0 Å². The predicted molar refractivity (Wildman–Crippen MR) is 73.7 cm³/mol. The summed E-state index contributed by atoms with van der Waals surface area (Å²) in [6.07, 6.45) is -0.0138. The van der Waals surface area contributed by atoms with Crippen molar-refractivity contribution in [1.29, 1.82) is 0 Å².